The molecule has 0 atom stereocenters. The number of carbonyl (C=O) groups excluding carboxylic acids is 1. The third kappa shape index (κ3) is 3.50. The SMILES string of the molecule is Cc1ccc2[nH]c3c(=O)n(CC(=O)NCc4ccc(Br)cc4)cnc3c2c1. The van der Waals surface area contributed by atoms with Crippen molar-refractivity contribution >= 4 is 43.8 Å². The fraction of sp³-hybridized carbons (Fsp3) is 0.150. The zero-order valence-corrected chi connectivity index (χ0v) is 16.2. The van der Waals surface area contributed by atoms with E-state index in [0.29, 0.717) is 17.6 Å². The number of nitrogens with one attached hydrogen (secondary N) is 2. The summed E-state index contributed by atoms with van der Waals surface area (Å²) in [5.41, 5.74) is 3.73. The van der Waals surface area contributed by atoms with Crippen LogP contribution in [0.3, 0.4) is 0 Å². The quantitative estimate of drug-likeness (QED) is 0.527. The number of aryl methyl sites for hydroxylation is 1. The second-order valence-electron chi connectivity index (χ2n) is 6.48. The first-order valence-electron chi connectivity index (χ1n) is 8.50. The first kappa shape index (κ1) is 17.5. The van der Waals surface area contributed by atoms with Gasteiger partial charge in [-0.05, 0) is 36.8 Å². The van der Waals surface area contributed by atoms with Gasteiger partial charge >= 0.3 is 0 Å². The predicted octanol–water partition coefficient (Wildman–Crippen LogP) is 3.27. The molecule has 0 saturated heterocycles. The van der Waals surface area contributed by atoms with E-state index in [1.54, 1.807) is 0 Å². The van der Waals surface area contributed by atoms with E-state index in [9.17, 15) is 9.59 Å². The molecule has 0 aliphatic carbocycles. The minimum absolute atomic E-state index is 0.0767. The van der Waals surface area contributed by atoms with Crippen LogP contribution < -0.4 is 10.9 Å². The minimum Gasteiger partial charge on any atom is -0.350 e. The lowest BCUT2D eigenvalue weighted by Gasteiger charge is -2.07. The van der Waals surface area contributed by atoms with Crippen molar-refractivity contribution in [1.82, 2.24) is 19.9 Å². The molecule has 0 aliphatic heterocycles. The van der Waals surface area contributed by atoms with Gasteiger partial charge in [0, 0.05) is 21.9 Å². The zero-order valence-electron chi connectivity index (χ0n) is 14.6. The lowest BCUT2D eigenvalue weighted by atomic mass is 10.2. The molecule has 2 aromatic heterocycles. The molecular weight excluding hydrogens is 408 g/mol. The van der Waals surface area contributed by atoms with Crippen LogP contribution in [0.25, 0.3) is 21.9 Å². The smallest absolute Gasteiger partial charge is 0.278 e. The molecule has 4 rings (SSSR count). The molecule has 6 nitrogen and oxygen atoms in total. The number of rotatable bonds is 4. The van der Waals surface area contributed by atoms with Gasteiger partial charge < -0.3 is 10.3 Å². The number of benzene rings is 2. The van der Waals surface area contributed by atoms with Crippen LogP contribution in [0.5, 0.6) is 0 Å². The number of amides is 1. The van der Waals surface area contributed by atoms with Crippen molar-refractivity contribution in [3.8, 4) is 0 Å². The van der Waals surface area contributed by atoms with E-state index in [2.05, 4.69) is 31.2 Å². The summed E-state index contributed by atoms with van der Waals surface area (Å²) in [4.78, 5) is 32.5. The maximum Gasteiger partial charge on any atom is 0.278 e. The van der Waals surface area contributed by atoms with Crippen LogP contribution >= 0.6 is 15.9 Å². The number of hydrogen-bond acceptors (Lipinski definition) is 3. The van der Waals surface area contributed by atoms with E-state index in [0.717, 1.165) is 26.5 Å². The van der Waals surface area contributed by atoms with E-state index in [4.69, 9.17) is 0 Å². The average Bonchev–Trinajstić information content (AvgIpc) is 3.02. The fourth-order valence-corrected chi connectivity index (χ4v) is 3.29. The number of aromatic nitrogens is 3. The number of carbonyl (C=O) groups is 1. The van der Waals surface area contributed by atoms with Crippen molar-refractivity contribution in [2.45, 2.75) is 20.0 Å². The van der Waals surface area contributed by atoms with Crippen LogP contribution in [0.15, 0.2) is 58.1 Å². The summed E-state index contributed by atoms with van der Waals surface area (Å²) >= 11 is 3.38. The lowest BCUT2D eigenvalue weighted by molar-refractivity contribution is -0.121. The molecule has 4 aromatic rings. The Hall–Kier alpha value is -2.93. The van der Waals surface area contributed by atoms with Crippen molar-refractivity contribution in [2.75, 3.05) is 0 Å². The summed E-state index contributed by atoms with van der Waals surface area (Å²) in [6.45, 7) is 2.32. The molecule has 2 aromatic carbocycles. The molecule has 0 radical (unpaired) electrons. The first-order valence-corrected chi connectivity index (χ1v) is 9.29. The molecule has 0 spiro atoms. The van der Waals surface area contributed by atoms with E-state index in [1.165, 1.54) is 10.9 Å². The second-order valence-corrected chi connectivity index (χ2v) is 7.39. The van der Waals surface area contributed by atoms with Gasteiger partial charge in [-0.2, -0.15) is 0 Å². The Morgan fingerprint density at radius 2 is 2.00 bits per heavy atom. The van der Waals surface area contributed by atoms with Gasteiger partial charge in [-0.1, -0.05) is 39.7 Å². The van der Waals surface area contributed by atoms with Crippen molar-refractivity contribution in [3.63, 3.8) is 0 Å². The van der Waals surface area contributed by atoms with E-state index < -0.39 is 0 Å². The van der Waals surface area contributed by atoms with Gasteiger partial charge in [-0.25, -0.2) is 4.98 Å². The largest absolute Gasteiger partial charge is 0.350 e. The van der Waals surface area contributed by atoms with Crippen LogP contribution in [-0.4, -0.2) is 20.4 Å². The molecule has 0 fully saturated rings. The Balaban J connectivity index is 1.55. The number of halogens is 1. The van der Waals surface area contributed by atoms with E-state index in [1.807, 2.05) is 49.4 Å². The van der Waals surface area contributed by atoms with Gasteiger partial charge in [0.25, 0.3) is 5.56 Å². The predicted molar refractivity (Wildman–Crippen MR) is 109 cm³/mol. The molecule has 0 saturated carbocycles. The van der Waals surface area contributed by atoms with E-state index >= 15 is 0 Å². The number of H-pyrrole nitrogens is 1. The Kier molecular flexibility index (Phi) is 4.53. The Morgan fingerprint density at radius 1 is 1.22 bits per heavy atom. The van der Waals surface area contributed by atoms with Crippen LogP contribution in [0.4, 0.5) is 0 Å². The van der Waals surface area contributed by atoms with E-state index in [-0.39, 0.29) is 18.0 Å². The van der Waals surface area contributed by atoms with Crippen molar-refractivity contribution in [2.24, 2.45) is 0 Å². The molecule has 27 heavy (non-hydrogen) atoms. The van der Waals surface area contributed by atoms with Crippen molar-refractivity contribution in [1.29, 1.82) is 0 Å². The maximum atomic E-state index is 12.7. The molecular formula is C20H17BrN4O2. The zero-order chi connectivity index (χ0) is 19.0. The summed E-state index contributed by atoms with van der Waals surface area (Å²) < 4.78 is 2.30. The van der Waals surface area contributed by atoms with Gasteiger partial charge in [0.05, 0.1) is 6.33 Å². The molecule has 0 unspecified atom stereocenters. The maximum absolute atomic E-state index is 12.7. The third-order valence-electron chi connectivity index (χ3n) is 4.44. The normalized spacial score (nSPS) is 11.2. The number of nitrogens with zero attached hydrogens (tertiary/aromatic N) is 2. The first-order chi connectivity index (χ1) is 13.0. The second kappa shape index (κ2) is 7.00. The van der Waals surface area contributed by atoms with Gasteiger partial charge in [-0.3, -0.25) is 14.2 Å². The molecule has 2 heterocycles. The van der Waals surface area contributed by atoms with Crippen molar-refractivity contribution in [3.05, 3.63) is 74.7 Å². The van der Waals surface area contributed by atoms with Crippen LogP contribution in [0, 0.1) is 6.92 Å². The van der Waals surface area contributed by atoms with Crippen LogP contribution in [-0.2, 0) is 17.9 Å². The van der Waals surface area contributed by atoms with Crippen LogP contribution in [0.2, 0.25) is 0 Å². The van der Waals surface area contributed by atoms with Crippen LogP contribution in [0.1, 0.15) is 11.1 Å². The number of aromatic amines is 1. The summed E-state index contributed by atoms with van der Waals surface area (Å²) in [7, 11) is 0. The summed E-state index contributed by atoms with van der Waals surface area (Å²) in [6, 6.07) is 13.6. The highest BCUT2D eigenvalue weighted by Gasteiger charge is 2.12. The van der Waals surface area contributed by atoms with Gasteiger partial charge in [0.2, 0.25) is 5.91 Å². The molecule has 1 amide bonds. The van der Waals surface area contributed by atoms with Gasteiger partial charge in [0.1, 0.15) is 17.6 Å². The summed E-state index contributed by atoms with van der Waals surface area (Å²) in [6.07, 6.45) is 1.43. The molecule has 136 valence electrons. The minimum atomic E-state index is -0.257. The highest BCUT2D eigenvalue weighted by atomic mass is 79.9. The summed E-state index contributed by atoms with van der Waals surface area (Å²) in [5.74, 6) is -0.242. The highest BCUT2D eigenvalue weighted by Crippen LogP contribution is 2.22. The number of fused-ring (bicyclic) bond motifs is 3. The molecule has 2 N–H and O–H groups in total. The Morgan fingerprint density at radius 3 is 2.78 bits per heavy atom. The topological polar surface area (TPSA) is 79.8 Å². The summed E-state index contributed by atoms with van der Waals surface area (Å²) in [5, 5.41) is 3.74. The third-order valence-corrected chi connectivity index (χ3v) is 4.97. The molecule has 0 aliphatic rings. The monoisotopic (exact) mass is 424 g/mol. The molecule has 0 bridgehead atoms. The standard InChI is InChI=1S/C20H17BrN4O2/c1-12-2-7-16-15(8-12)18-19(24-16)20(27)25(11-23-18)10-17(26)22-9-13-3-5-14(21)6-4-13/h2-8,11,24H,9-10H2,1H3,(H,22,26). The lowest BCUT2D eigenvalue weighted by Crippen LogP contribution is -2.32. The number of hydrogen-bond donors (Lipinski definition) is 2. The fourth-order valence-electron chi connectivity index (χ4n) is 3.03. The van der Waals surface area contributed by atoms with Crippen molar-refractivity contribution < 1.29 is 4.79 Å². The van der Waals surface area contributed by atoms with Gasteiger partial charge in [0.15, 0.2) is 0 Å². The Labute approximate surface area is 163 Å². The average molecular weight is 425 g/mol. The Bertz CT molecular complexity index is 1210. The molecule has 7 heteroatoms. The highest BCUT2D eigenvalue weighted by molar-refractivity contribution is 9.10. The van der Waals surface area contributed by atoms with Gasteiger partial charge in [-0.15, -0.1) is 0 Å².